The average molecular weight is 186 g/mol. The predicted molar refractivity (Wildman–Crippen MR) is 50.2 cm³/mol. The summed E-state index contributed by atoms with van der Waals surface area (Å²) in [6.45, 7) is 4.59. The number of hydrogen-bond acceptors (Lipinski definition) is 3. The lowest BCUT2D eigenvalue weighted by Crippen LogP contribution is -2.35. The molecule has 2 atom stereocenters. The maximum absolute atomic E-state index is 11.4. The molecule has 76 valence electrons. The molecular formula is C9H18N2O2. The summed E-state index contributed by atoms with van der Waals surface area (Å²) in [7, 11) is 0. The van der Waals surface area contributed by atoms with Gasteiger partial charge in [-0.05, 0) is 18.9 Å². The summed E-state index contributed by atoms with van der Waals surface area (Å²) in [5.74, 6) is 0.522. The molecule has 1 fully saturated rings. The topological polar surface area (TPSA) is 64.3 Å². The Hall–Kier alpha value is -0.610. The van der Waals surface area contributed by atoms with Crippen LogP contribution in [0.4, 0.5) is 0 Å². The van der Waals surface area contributed by atoms with Gasteiger partial charge >= 0.3 is 0 Å². The van der Waals surface area contributed by atoms with Crippen molar-refractivity contribution in [2.24, 2.45) is 17.6 Å². The van der Waals surface area contributed by atoms with E-state index in [0.29, 0.717) is 32.2 Å². The van der Waals surface area contributed by atoms with E-state index in [1.807, 2.05) is 6.92 Å². The van der Waals surface area contributed by atoms with Gasteiger partial charge in [0.2, 0.25) is 5.91 Å². The lowest BCUT2D eigenvalue weighted by atomic mass is 10.1. The van der Waals surface area contributed by atoms with Crippen LogP contribution in [0.2, 0.25) is 0 Å². The molecule has 0 bridgehead atoms. The van der Waals surface area contributed by atoms with Gasteiger partial charge in [0, 0.05) is 13.2 Å². The number of amides is 1. The van der Waals surface area contributed by atoms with Crippen molar-refractivity contribution in [2.45, 2.75) is 13.3 Å². The van der Waals surface area contributed by atoms with Crippen molar-refractivity contribution >= 4 is 5.91 Å². The van der Waals surface area contributed by atoms with Gasteiger partial charge in [-0.15, -0.1) is 0 Å². The van der Waals surface area contributed by atoms with Gasteiger partial charge in [-0.25, -0.2) is 0 Å². The van der Waals surface area contributed by atoms with Crippen LogP contribution in [0.1, 0.15) is 13.3 Å². The van der Waals surface area contributed by atoms with E-state index in [2.05, 4.69) is 5.32 Å². The van der Waals surface area contributed by atoms with Gasteiger partial charge in [-0.2, -0.15) is 0 Å². The highest BCUT2D eigenvalue weighted by atomic mass is 16.5. The zero-order chi connectivity index (χ0) is 9.68. The third-order valence-corrected chi connectivity index (χ3v) is 2.33. The van der Waals surface area contributed by atoms with Crippen LogP contribution < -0.4 is 11.1 Å². The van der Waals surface area contributed by atoms with Gasteiger partial charge in [0.05, 0.1) is 12.5 Å². The molecule has 13 heavy (non-hydrogen) atoms. The summed E-state index contributed by atoms with van der Waals surface area (Å²) in [5.41, 5.74) is 5.44. The van der Waals surface area contributed by atoms with Crippen LogP contribution in [0.15, 0.2) is 0 Å². The summed E-state index contributed by atoms with van der Waals surface area (Å²) in [6.07, 6.45) is 0.850. The van der Waals surface area contributed by atoms with E-state index < -0.39 is 0 Å². The van der Waals surface area contributed by atoms with E-state index in [9.17, 15) is 4.79 Å². The SMILES string of the molecule is CC(CN)CNC(=O)C1CCOC1. The fraction of sp³-hybridized carbons (Fsp3) is 0.889. The summed E-state index contributed by atoms with van der Waals surface area (Å²) in [4.78, 5) is 11.4. The highest BCUT2D eigenvalue weighted by Gasteiger charge is 2.23. The zero-order valence-corrected chi connectivity index (χ0v) is 8.08. The van der Waals surface area contributed by atoms with E-state index in [4.69, 9.17) is 10.5 Å². The molecule has 1 aliphatic rings. The van der Waals surface area contributed by atoms with Crippen LogP contribution in [0.5, 0.6) is 0 Å². The van der Waals surface area contributed by atoms with Crippen molar-refractivity contribution in [3.63, 3.8) is 0 Å². The second-order valence-electron chi connectivity index (χ2n) is 3.65. The number of rotatable bonds is 4. The quantitative estimate of drug-likeness (QED) is 0.635. The maximum atomic E-state index is 11.4. The summed E-state index contributed by atoms with van der Waals surface area (Å²) < 4.78 is 5.13. The third-order valence-electron chi connectivity index (χ3n) is 2.33. The largest absolute Gasteiger partial charge is 0.381 e. The first kappa shape index (κ1) is 10.5. The number of nitrogens with two attached hydrogens (primary N) is 1. The highest BCUT2D eigenvalue weighted by Crippen LogP contribution is 2.11. The van der Waals surface area contributed by atoms with Gasteiger partial charge < -0.3 is 15.8 Å². The number of carbonyl (C=O) groups is 1. The minimum atomic E-state index is 0.0602. The summed E-state index contributed by atoms with van der Waals surface area (Å²) in [6, 6.07) is 0. The van der Waals surface area contributed by atoms with Crippen LogP contribution in [0, 0.1) is 11.8 Å². The lowest BCUT2D eigenvalue weighted by molar-refractivity contribution is -0.125. The van der Waals surface area contributed by atoms with E-state index in [1.165, 1.54) is 0 Å². The van der Waals surface area contributed by atoms with Crippen LogP contribution in [0.25, 0.3) is 0 Å². The molecular weight excluding hydrogens is 168 g/mol. The van der Waals surface area contributed by atoms with Crippen molar-refractivity contribution < 1.29 is 9.53 Å². The van der Waals surface area contributed by atoms with Gasteiger partial charge in [0.25, 0.3) is 0 Å². The molecule has 4 heteroatoms. The molecule has 1 rings (SSSR count). The molecule has 0 spiro atoms. The molecule has 4 nitrogen and oxygen atoms in total. The second kappa shape index (κ2) is 5.19. The zero-order valence-electron chi connectivity index (χ0n) is 8.08. The molecule has 1 aliphatic heterocycles. The van der Waals surface area contributed by atoms with Gasteiger partial charge in [0.15, 0.2) is 0 Å². The smallest absolute Gasteiger partial charge is 0.225 e. The maximum Gasteiger partial charge on any atom is 0.225 e. The Morgan fingerprint density at radius 1 is 1.77 bits per heavy atom. The first-order valence-corrected chi connectivity index (χ1v) is 4.79. The molecule has 1 saturated heterocycles. The van der Waals surface area contributed by atoms with Crippen LogP contribution in [0.3, 0.4) is 0 Å². The average Bonchev–Trinajstić information content (AvgIpc) is 2.66. The van der Waals surface area contributed by atoms with Crippen molar-refractivity contribution in [1.82, 2.24) is 5.32 Å². The molecule has 1 amide bonds. The molecule has 1 heterocycles. The lowest BCUT2D eigenvalue weighted by Gasteiger charge is -2.12. The molecule has 0 aliphatic carbocycles. The normalized spacial score (nSPS) is 24.3. The first-order chi connectivity index (χ1) is 6.24. The number of ether oxygens (including phenoxy) is 1. The third kappa shape index (κ3) is 3.32. The van der Waals surface area contributed by atoms with E-state index in [0.717, 1.165) is 6.42 Å². The van der Waals surface area contributed by atoms with Gasteiger partial charge in [0.1, 0.15) is 0 Å². The van der Waals surface area contributed by atoms with Gasteiger partial charge in [-0.3, -0.25) is 4.79 Å². The molecule has 0 saturated carbocycles. The Balaban J connectivity index is 2.16. The minimum Gasteiger partial charge on any atom is -0.381 e. The minimum absolute atomic E-state index is 0.0602. The number of nitrogens with one attached hydrogen (secondary N) is 1. The van der Waals surface area contributed by atoms with Crippen LogP contribution in [-0.2, 0) is 9.53 Å². The first-order valence-electron chi connectivity index (χ1n) is 4.79. The molecule has 0 aromatic rings. The Kier molecular flexibility index (Phi) is 4.18. The Morgan fingerprint density at radius 3 is 3.08 bits per heavy atom. The fourth-order valence-corrected chi connectivity index (χ4v) is 1.24. The summed E-state index contributed by atoms with van der Waals surface area (Å²) >= 11 is 0. The van der Waals surface area contributed by atoms with Gasteiger partial charge in [-0.1, -0.05) is 6.92 Å². The number of carbonyl (C=O) groups excluding carboxylic acids is 1. The monoisotopic (exact) mass is 186 g/mol. The van der Waals surface area contributed by atoms with E-state index in [-0.39, 0.29) is 11.8 Å². The van der Waals surface area contributed by atoms with Crippen LogP contribution in [-0.4, -0.2) is 32.2 Å². The molecule has 2 unspecified atom stereocenters. The Bertz CT molecular complexity index is 167. The Labute approximate surface area is 78.8 Å². The van der Waals surface area contributed by atoms with E-state index in [1.54, 1.807) is 0 Å². The highest BCUT2D eigenvalue weighted by molar-refractivity contribution is 5.78. The predicted octanol–water partition coefficient (Wildman–Crippen LogP) is -0.266. The van der Waals surface area contributed by atoms with Crippen molar-refractivity contribution in [2.75, 3.05) is 26.3 Å². The second-order valence-corrected chi connectivity index (χ2v) is 3.65. The van der Waals surface area contributed by atoms with Crippen molar-refractivity contribution in [3.8, 4) is 0 Å². The van der Waals surface area contributed by atoms with Crippen molar-refractivity contribution in [3.05, 3.63) is 0 Å². The van der Waals surface area contributed by atoms with E-state index >= 15 is 0 Å². The molecule has 3 N–H and O–H groups in total. The molecule has 0 aromatic heterocycles. The molecule has 0 radical (unpaired) electrons. The fourth-order valence-electron chi connectivity index (χ4n) is 1.24. The molecule has 0 aromatic carbocycles. The standard InChI is InChI=1S/C9H18N2O2/c1-7(4-10)5-11-9(12)8-2-3-13-6-8/h7-8H,2-6,10H2,1H3,(H,11,12). The Morgan fingerprint density at radius 2 is 2.54 bits per heavy atom. The van der Waals surface area contributed by atoms with Crippen molar-refractivity contribution in [1.29, 1.82) is 0 Å². The number of hydrogen-bond donors (Lipinski definition) is 2. The van der Waals surface area contributed by atoms with Crippen LogP contribution >= 0.6 is 0 Å². The summed E-state index contributed by atoms with van der Waals surface area (Å²) in [5, 5.41) is 2.88.